The van der Waals surface area contributed by atoms with Crippen LogP contribution in [-0.4, -0.2) is 12.5 Å². The molecule has 0 spiro atoms. The molecule has 1 rings (SSSR count). The Balaban J connectivity index is 2.82. The average Bonchev–Trinajstić information content (AvgIpc) is 2.18. The Morgan fingerprint density at radius 1 is 1.27 bits per heavy atom. The normalized spacial score (nSPS) is 13.2. The molecule has 15 heavy (non-hydrogen) atoms. The number of halogens is 4. The Labute approximate surface area is 84.0 Å². The minimum Gasteiger partial charge on any atom is -0.271 e. The Hall–Kier alpha value is -1.14. The number of hydrazine groups is 1. The predicted molar refractivity (Wildman–Crippen MR) is 47.2 cm³/mol. The van der Waals surface area contributed by atoms with Gasteiger partial charge in [-0.25, -0.2) is 17.6 Å². The molecule has 0 aromatic heterocycles. The van der Waals surface area contributed by atoms with Gasteiger partial charge in [0.05, 0.1) is 6.04 Å². The van der Waals surface area contributed by atoms with Crippen LogP contribution in [0.2, 0.25) is 0 Å². The first kappa shape index (κ1) is 11.9. The molecule has 1 aromatic rings. The van der Waals surface area contributed by atoms with Gasteiger partial charge in [-0.3, -0.25) is 11.3 Å². The number of rotatable bonds is 4. The first-order valence-electron chi connectivity index (χ1n) is 4.22. The van der Waals surface area contributed by atoms with E-state index in [4.69, 9.17) is 5.84 Å². The van der Waals surface area contributed by atoms with Gasteiger partial charge in [0.25, 0.3) is 6.43 Å². The molecule has 2 nitrogen and oxygen atoms in total. The molecule has 0 fully saturated rings. The largest absolute Gasteiger partial charge is 0.271 e. The summed E-state index contributed by atoms with van der Waals surface area (Å²) >= 11 is 0. The van der Waals surface area contributed by atoms with Crippen molar-refractivity contribution in [3.63, 3.8) is 0 Å². The highest BCUT2D eigenvalue weighted by Crippen LogP contribution is 2.14. The van der Waals surface area contributed by atoms with Crippen LogP contribution in [-0.2, 0) is 6.42 Å². The van der Waals surface area contributed by atoms with E-state index >= 15 is 0 Å². The van der Waals surface area contributed by atoms with Crippen LogP contribution in [0.1, 0.15) is 5.56 Å². The summed E-state index contributed by atoms with van der Waals surface area (Å²) in [5.74, 6) is 3.47. The highest BCUT2D eigenvalue weighted by molar-refractivity contribution is 5.19. The molecular formula is C9H10F4N2. The van der Waals surface area contributed by atoms with Crippen LogP contribution in [0.15, 0.2) is 18.2 Å². The Kier molecular flexibility index (Phi) is 4.05. The van der Waals surface area contributed by atoms with Crippen molar-refractivity contribution in [2.24, 2.45) is 5.84 Å². The van der Waals surface area contributed by atoms with Gasteiger partial charge in [0.15, 0.2) is 0 Å². The van der Waals surface area contributed by atoms with E-state index in [1.165, 1.54) is 0 Å². The zero-order valence-electron chi connectivity index (χ0n) is 7.68. The smallest absolute Gasteiger partial charge is 0.255 e. The van der Waals surface area contributed by atoms with Crippen molar-refractivity contribution in [3.8, 4) is 0 Å². The van der Waals surface area contributed by atoms with Gasteiger partial charge >= 0.3 is 0 Å². The standard InChI is InChI=1S/C9H10F4N2/c10-6-1-2-7(11)5(3-6)4-8(15-14)9(12)13/h1-3,8-9,15H,4,14H2. The van der Waals surface area contributed by atoms with Gasteiger partial charge in [-0.2, -0.15) is 0 Å². The number of hydrogen-bond acceptors (Lipinski definition) is 2. The fourth-order valence-electron chi connectivity index (χ4n) is 1.16. The number of nitrogens with two attached hydrogens (primary N) is 1. The first-order valence-corrected chi connectivity index (χ1v) is 4.22. The minimum atomic E-state index is -2.74. The maximum absolute atomic E-state index is 13.0. The van der Waals surface area contributed by atoms with Gasteiger partial charge in [0.2, 0.25) is 0 Å². The third-order valence-electron chi connectivity index (χ3n) is 1.97. The molecule has 84 valence electrons. The number of hydrogen-bond donors (Lipinski definition) is 2. The molecule has 0 bridgehead atoms. The Bertz CT molecular complexity index is 330. The summed E-state index contributed by atoms with van der Waals surface area (Å²) in [4.78, 5) is 0. The molecule has 1 aromatic carbocycles. The Morgan fingerprint density at radius 3 is 2.47 bits per heavy atom. The summed E-state index contributed by atoms with van der Waals surface area (Å²) in [6.45, 7) is 0. The summed E-state index contributed by atoms with van der Waals surface area (Å²) in [6, 6.07) is 1.30. The van der Waals surface area contributed by atoms with Crippen molar-refractivity contribution >= 4 is 0 Å². The van der Waals surface area contributed by atoms with Crippen LogP contribution in [0.4, 0.5) is 17.6 Å². The third-order valence-corrected chi connectivity index (χ3v) is 1.97. The average molecular weight is 222 g/mol. The van der Waals surface area contributed by atoms with Crippen molar-refractivity contribution in [3.05, 3.63) is 35.4 Å². The van der Waals surface area contributed by atoms with Crippen LogP contribution < -0.4 is 11.3 Å². The second-order valence-electron chi connectivity index (χ2n) is 3.05. The summed E-state index contributed by atoms with van der Waals surface area (Å²) in [6.07, 6.45) is -3.10. The maximum atomic E-state index is 13.0. The second-order valence-corrected chi connectivity index (χ2v) is 3.05. The molecule has 1 unspecified atom stereocenters. The van der Waals surface area contributed by atoms with Crippen molar-refractivity contribution in [1.82, 2.24) is 5.43 Å². The topological polar surface area (TPSA) is 38.0 Å². The van der Waals surface area contributed by atoms with Crippen molar-refractivity contribution in [1.29, 1.82) is 0 Å². The van der Waals surface area contributed by atoms with Gasteiger partial charge in [-0.15, -0.1) is 0 Å². The Morgan fingerprint density at radius 2 is 1.93 bits per heavy atom. The van der Waals surface area contributed by atoms with Crippen molar-refractivity contribution in [2.45, 2.75) is 18.9 Å². The van der Waals surface area contributed by atoms with E-state index in [1.807, 2.05) is 5.43 Å². The quantitative estimate of drug-likeness (QED) is 0.461. The summed E-state index contributed by atoms with van der Waals surface area (Å²) in [5, 5.41) is 0. The number of nitrogens with one attached hydrogen (secondary N) is 1. The zero-order valence-corrected chi connectivity index (χ0v) is 7.68. The number of alkyl halides is 2. The molecule has 0 saturated heterocycles. The lowest BCUT2D eigenvalue weighted by molar-refractivity contribution is 0.0980. The molecule has 0 heterocycles. The van der Waals surface area contributed by atoms with E-state index in [0.29, 0.717) is 0 Å². The van der Waals surface area contributed by atoms with Crippen LogP contribution in [0, 0.1) is 11.6 Å². The van der Waals surface area contributed by atoms with Gasteiger partial charge in [-0.05, 0) is 30.2 Å². The maximum Gasteiger partial charge on any atom is 0.255 e. The second kappa shape index (κ2) is 5.09. The van der Waals surface area contributed by atoms with Gasteiger partial charge in [0.1, 0.15) is 11.6 Å². The van der Waals surface area contributed by atoms with Gasteiger partial charge < -0.3 is 0 Å². The third kappa shape index (κ3) is 3.17. The SMILES string of the molecule is NNC(Cc1cc(F)ccc1F)C(F)F. The van der Waals surface area contributed by atoms with E-state index in [2.05, 4.69) is 0 Å². The first-order chi connectivity index (χ1) is 7.04. The lowest BCUT2D eigenvalue weighted by atomic mass is 10.1. The van der Waals surface area contributed by atoms with E-state index < -0.39 is 24.1 Å². The molecule has 0 saturated carbocycles. The molecule has 3 N–H and O–H groups in total. The monoisotopic (exact) mass is 222 g/mol. The molecule has 0 aliphatic heterocycles. The fraction of sp³-hybridized carbons (Fsp3) is 0.333. The summed E-state index contributed by atoms with van der Waals surface area (Å²) in [5.41, 5.74) is 1.73. The van der Waals surface area contributed by atoms with E-state index in [-0.39, 0.29) is 12.0 Å². The minimum absolute atomic E-state index is 0.127. The van der Waals surface area contributed by atoms with Crippen molar-refractivity contribution < 1.29 is 17.6 Å². The molecule has 0 aliphatic carbocycles. The molecule has 0 radical (unpaired) electrons. The predicted octanol–water partition coefficient (Wildman–Crippen LogP) is 1.60. The molecular weight excluding hydrogens is 212 g/mol. The van der Waals surface area contributed by atoms with E-state index in [9.17, 15) is 17.6 Å². The lowest BCUT2D eigenvalue weighted by Gasteiger charge is -2.14. The van der Waals surface area contributed by atoms with Gasteiger partial charge in [0, 0.05) is 0 Å². The van der Waals surface area contributed by atoms with E-state index in [0.717, 1.165) is 18.2 Å². The summed E-state index contributed by atoms with van der Waals surface area (Å²) < 4.78 is 50.3. The van der Waals surface area contributed by atoms with Crippen LogP contribution in [0.3, 0.4) is 0 Å². The zero-order chi connectivity index (χ0) is 11.4. The summed E-state index contributed by atoms with van der Waals surface area (Å²) in [7, 11) is 0. The molecule has 6 heteroatoms. The number of benzene rings is 1. The molecule has 0 amide bonds. The molecule has 0 aliphatic rings. The van der Waals surface area contributed by atoms with Gasteiger partial charge in [-0.1, -0.05) is 0 Å². The fourth-order valence-corrected chi connectivity index (χ4v) is 1.16. The van der Waals surface area contributed by atoms with Crippen LogP contribution in [0.25, 0.3) is 0 Å². The van der Waals surface area contributed by atoms with Crippen LogP contribution >= 0.6 is 0 Å². The molecule has 1 atom stereocenters. The highest BCUT2D eigenvalue weighted by atomic mass is 19.3. The highest BCUT2D eigenvalue weighted by Gasteiger charge is 2.20. The lowest BCUT2D eigenvalue weighted by Crippen LogP contribution is -2.42. The van der Waals surface area contributed by atoms with E-state index in [1.54, 1.807) is 0 Å². The van der Waals surface area contributed by atoms with Crippen LogP contribution in [0.5, 0.6) is 0 Å². The van der Waals surface area contributed by atoms with Crippen molar-refractivity contribution in [2.75, 3.05) is 0 Å².